The summed E-state index contributed by atoms with van der Waals surface area (Å²) in [5.41, 5.74) is 14.8. The average Bonchev–Trinajstić information content (AvgIpc) is 1.75. The van der Waals surface area contributed by atoms with Crippen molar-refractivity contribution in [2.45, 2.75) is 364 Å². The second kappa shape index (κ2) is 48.4. The topological polar surface area (TPSA) is 92.3 Å². The Morgan fingerprint density at radius 2 is 0.525 bits per heavy atom. The van der Waals surface area contributed by atoms with Crippen LogP contribution in [0.5, 0.6) is 57.5 Å². The minimum Gasteiger partial charge on any atom is -0.496 e. The fourth-order valence-electron chi connectivity index (χ4n) is 17.2. The molecule has 10 bridgehead atoms. The number of methoxy groups -OCH3 is 2. The van der Waals surface area contributed by atoms with Crippen molar-refractivity contribution in [3.8, 4) is 88.1 Å². The molecule has 0 spiro atoms. The summed E-state index contributed by atoms with van der Waals surface area (Å²) in [5, 5.41) is 0. The number of fused-ring (bicyclic) bond motifs is 6. The summed E-state index contributed by atoms with van der Waals surface area (Å²) < 4.78 is 71.5. The van der Waals surface area contributed by atoms with Gasteiger partial charge in [0.15, 0.2) is 0 Å². The van der Waals surface area contributed by atoms with Gasteiger partial charge in [-0.25, -0.2) is 0 Å². The molecule has 10 nitrogen and oxygen atoms in total. The minimum atomic E-state index is -0.218. The fourth-order valence-corrected chi connectivity index (χ4v) is 19.6. The first-order valence-electron chi connectivity index (χ1n) is 48.1. The Bertz CT molecular complexity index is 4110. The van der Waals surface area contributed by atoms with Crippen LogP contribution in [0.3, 0.4) is 0 Å². The number of unbranched alkanes of at least 4 members (excludes halogenated alkanes) is 28. The Kier molecular flexibility index (Phi) is 38.5. The van der Waals surface area contributed by atoms with E-state index in [-0.39, 0.29) is 48.1 Å². The summed E-state index contributed by atoms with van der Waals surface area (Å²) in [6, 6.07) is 36.7. The number of ether oxygens (including phenoxy) is 10. The largest absolute Gasteiger partial charge is 0.496 e. The molecule has 0 saturated heterocycles. The van der Waals surface area contributed by atoms with Crippen LogP contribution >= 0.6 is 22.7 Å². The second-order valence-corrected chi connectivity index (χ2v) is 41.3. The molecule has 3 aliphatic rings. The molecule has 122 heavy (non-hydrogen) atoms. The summed E-state index contributed by atoms with van der Waals surface area (Å²) in [5.74, 6) is 8.24. The van der Waals surface area contributed by atoms with E-state index in [9.17, 15) is 0 Å². The highest BCUT2D eigenvalue weighted by atomic mass is 32.1. The molecule has 0 unspecified atom stereocenters. The van der Waals surface area contributed by atoms with Gasteiger partial charge < -0.3 is 47.4 Å². The van der Waals surface area contributed by atoms with Crippen LogP contribution in [0.15, 0.2) is 97.1 Å². The Balaban J connectivity index is 1.18. The zero-order valence-corrected chi connectivity index (χ0v) is 80.9. The lowest BCUT2D eigenvalue weighted by molar-refractivity contribution is 0.214. The van der Waals surface area contributed by atoms with E-state index in [1.54, 1.807) is 22.7 Å². The lowest BCUT2D eigenvalue weighted by Gasteiger charge is -2.29. The fraction of sp³-hybridized carbons (Fsp3) is 0.600. The van der Waals surface area contributed by atoms with Crippen LogP contribution in [0.4, 0.5) is 0 Å². The monoisotopic (exact) mass is 1700 g/mol. The standard InChI is InChI=1S/C110H158O10S2/c1-19-23-27-31-35-39-43-47-55-113-91-51-53-95(115-57-49-45-41-37-33-29-25-21-3)93(75-91)99-77-97-105(121-99)106-98(78-100(122-106)94-76-92(114-56-48-44-40-36-32-28-24-20-2)52-54-96(94)116-58-50-46-42-38-34-30-26-22-4)118-60-62-120-104-85-65-81-69-87(107(5,6)7)67-79(101(81)111-17)63-83-71-89(109(11,12)13)72-84(103(83)119-61-59-117-97)64-80-68-88(108(8,9)10)70-82(102(80)112-18)66-86(104)74-90(73-85)110(14,15)16/h51-54,67-78H,19-50,55-66H2,1-18H3. The smallest absolute Gasteiger partial charge is 0.139 e. The molecule has 1 aliphatic carbocycles. The molecule has 670 valence electrons. The highest BCUT2D eigenvalue weighted by Gasteiger charge is 2.32. The number of hydrogen-bond acceptors (Lipinski definition) is 12. The van der Waals surface area contributed by atoms with Gasteiger partial charge in [0.1, 0.15) is 83.9 Å². The first-order valence-corrected chi connectivity index (χ1v) is 49.8. The normalized spacial score (nSPS) is 13.4. The number of hydrogen-bond donors (Lipinski definition) is 0. The van der Waals surface area contributed by atoms with Gasteiger partial charge >= 0.3 is 0 Å². The first-order chi connectivity index (χ1) is 58.8. The third kappa shape index (κ3) is 28.9. The minimum absolute atomic E-state index is 0.201. The molecule has 6 aromatic carbocycles. The van der Waals surface area contributed by atoms with E-state index in [1.165, 1.54) is 176 Å². The summed E-state index contributed by atoms with van der Waals surface area (Å²) >= 11 is 3.44. The van der Waals surface area contributed by atoms with Gasteiger partial charge in [0.2, 0.25) is 0 Å². The summed E-state index contributed by atoms with van der Waals surface area (Å²) in [6.45, 7) is 40.6. The summed E-state index contributed by atoms with van der Waals surface area (Å²) in [6.07, 6.45) is 41.5. The van der Waals surface area contributed by atoms with Crippen molar-refractivity contribution in [2.75, 3.05) is 67.1 Å². The molecular weight excluding hydrogens is 1550 g/mol. The van der Waals surface area contributed by atoms with Gasteiger partial charge in [-0.05, 0) is 163 Å². The Morgan fingerprint density at radius 3 is 0.787 bits per heavy atom. The molecule has 0 amide bonds. The molecule has 11 rings (SSSR count). The molecule has 8 aromatic rings. The molecule has 0 atom stereocenters. The van der Waals surface area contributed by atoms with Crippen LogP contribution in [0.1, 0.15) is 383 Å². The van der Waals surface area contributed by atoms with Crippen LogP contribution in [-0.2, 0) is 47.3 Å². The Hall–Kier alpha value is -7.28. The molecule has 0 N–H and O–H groups in total. The first kappa shape index (κ1) is 96.9. The van der Waals surface area contributed by atoms with Gasteiger partial charge in [-0.2, -0.15) is 0 Å². The van der Waals surface area contributed by atoms with Crippen molar-refractivity contribution in [3.63, 3.8) is 0 Å². The maximum absolute atomic E-state index is 7.63. The van der Waals surface area contributed by atoms with Crippen LogP contribution in [0, 0.1) is 0 Å². The SMILES string of the molecule is CCCCCCCCCCOc1ccc(OCCCCCCCCCC)c(-c2cc3c(s2)-c2sc(-c4cc(OCCCCCCCCCC)ccc4OCCCCCCCCCC)cc2OCCOc2c4cc(C(C)(C)C)cc2Cc2cc(C(C)(C)C)cc(c2OC)Cc2cc(C(C)(C)C)cc(c2OCCO3)Cc2cc(C(C)(C)C)cc(c2OC)C4)c1. The van der Waals surface area contributed by atoms with Crippen molar-refractivity contribution in [1.29, 1.82) is 0 Å². The summed E-state index contributed by atoms with van der Waals surface area (Å²) in [7, 11) is 3.70. The molecule has 0 radical (unpaired) electrons. The van der Waals surface area contributed by atoms with Crippen molar-refractivity contribution < 1.29 is 47.4 Å². The van der Waals surface area contributed by atoms with Gasteiger partial charge in [-0.15, -0.1) is 22.7 Å². The van der Waals surface area contributed by atoms with Gasteiger partial charge in [0.25, 0.3) is 0 Å². The highest BCUT2D eigenvalue weighted by Crippen LogP contribution is 2.55. The van der Waals surface area contributed by atoms with Crippen LogP contribution in [-0.4, -0.2) is 67.1 Å². The van der Waals surface area contributed by atoms with E-state index in [4.69, 9.17) is 47.4 Å². The quantitative estimate of drug-likeness (QED) is 0.0344. The van der Waals surface area contributed by atoms with E-state index in [1.807, 2.05) is 14.2 Å². The maximum Gasteiger partial charge on any atom is 0.139 e. The zero-order chi connectivity index (χ0) is 87.1. The molecule has 2 aliphatic heterocycles. The van der Waals surface area contributed by atoms with Crippen LogP contribution in [0.2, 0.25) is 0 Å². The van der Waals surface area contributed by atoms with E-state index >= 15 is 0 Å². The third-order valence-electron chi connectivity index (χ3n) is 24.6. The Labute approximate surface area is 747 Å². The second-order valence-electron chi connectivity index (χ2n) is 39.2. The lowest BCUT2D eigenvalue weighted by atomic mass is 9.79. The van der Waals surface area contributed by atoms with Crippen molar-refractivity contribution >= 4 is 22.7 Å². The molecule has 4 heterocycles. The average molecular weight is 1700 g/mol. The number of thiophene rings is 2. The molecular formula is C110H158O10S2. The third-order valence-corrected chi connectivity index (χ3v) is 27.1. The van der Waals surface area contributed by atoms with Crippen LogP contribution in [0.25, 0.3) is 30.6 Å². The Morgan fingerprint density at radius 1 is 0.279 bits per heavy atom. The van der Waals surface area contributed by atoms with Crippen molar-refractivity contribution in [2.24, 2.45) is 0 Å². The van der Waals surface area contributed by atoms with Gasteiger partial charge in [0.05, 0.1) is 50.4 Å². The summed E-state index contributed by atoms with van der Waals surface area (Å²) in [4.78, 5) is 3.92. The van der Waals surface area contributed by atoms with E-state index in [0.717, 1.165) is 184 Å². The maximum atomic E-state index is 7.63. The van der Waals surface area contributed by atoms with E-state index < -0.39 is 0 Å². The van der Waals surface area contributed by atoms with Gasteiger partial charge in [-0.3, -0.25) is 0 Å². The molecule has 0 fully saturated rings. The number of benzene rings is 6. The predicted molar refractivity (Wildman–Crippen MR) is 518 cm³/mol. The predicted octanol–water partition coefficient (Wildman–Crippen LogP) is 32.0. The van der Waals surface area contributed by atoms with Crippen molar-refractivity contribution in [1.82, 2.24) is 0 Å². The van der Waals surface area contributed by atoms with Gasteiger partial charge in [0, 0.05) is 46.6 Å². The van der Waals surface area contributed by atoms with Crippen LogP contribution < -0.4 is 47.4 Å². The molecule has 12 heteroatoms. The van der Waals surface area contributed by atoms with Gasteiger partial charge in [-0.1, -0.05) is 339 Å². The van der Waals surface area contributed by atoms with Crippen molar-refractivity contribution in [3.05, 3.63) is 164 Å². The highest BCUT2D eigenvalue weighted by molar-refractivity contribution is 7.26. The molecule has 2 aromatic heterocycles. The number of rotatable bonds is 44. The zero-order valence-electron chi connectivity index (χ0n) is 79.2. The van der Waals surface area contributed by atoms with E-state index in [2.05, 4.69) is 208 Å². The lowest BCUT2D eigenvalue weighted by Crippen LogP contribution is -2.18. The molecule has 0 saturated carbocycles. The van der Waals surface area contributed by atoms with E-state index in [0.29, 0.717) is 52.1 Å².